The van der Waals surface area contributed by atoms with Crippen LogP contribution in [0.5, 0.6) is 0 Å². The highest BCUT2D eigenvalue weighted by atomic mass is 16.2. The molecule has 17 heavy (non-hydrogen) atoms. The van der Waals surface area contributed by atoms with Gasteiger partial charge in [0.15, 0.2) is 0 Å². The highest BCUT2D eigenvalue weighted by molar-refractivity contribution is 6.03. The monoisotopic (exact) mass is 233 g/mol. The Hall–Kier alpha value is -1.50. The topological polar surface area (TPSA) is 58.7 Å². The fourth-order valence-corrected chi connectivity index (χ4v) is 2.91. The van der Waals surface area contributed by atoms with Crippen molar-refractivity contribution in [3.63, 3.8) is 0 Å². The lowest BCUT2D eigenvalue weighted by molar-refractivity contribution is 0.194. The predicted molar refractivity (Wildman–Crippen MR) is 67.5 cm³/mol. The van der Waals surface area contributed by atoms with Crippen molar-refractivity contribution < 1.29 is 4.79 Å². The fraction of sp³-hybridized carbons (Fsp3) is 0.692. The summed E-state index contributed by atoms with van der Waals surface area (Å²) in [4.78, 5) is 17.2. The number of hydrogen-bond acceptors (Lipinski definition) is 2. The molecule has 0 bridgehead atoms. The number of urea groups is 1. The van der Waals surface area contributed by atoms with Crippen LogP contribution in [-0.2, 0) is 0 Å². The molecular formula is C13H19N3O. The zero-order valence-corrected chi connectivity index (χ0v) is 10.1. The average molecular weight is 233 g/mol. The summed E-state index contributed by atoms with van der Waals surface area (Å²) in [5.74, 6) is 3.41. The minimum Gasteiger partial charge on any atom is -0.385 e. The van der Waals surface area contributed by atoms with E-state index in [0.717, 1.165) is 12.8 Å². The molecule has 0 aromatic carbocycles. The van der Waals surface area contributed by atoms with E-state index in [1.807, 2.05) is 0 Å². The summed E-state index contributed by atoms with van der Waals surface area (Å²) in [7, 11) is 0. The van der Waals surface area contributed by atoms with Crippen LogP contribution in [0, 0.1) is 18.3 Å². The first-order valence-corrected chi connectivity index (χ1v) is 6.32. The highest BCUT2D eigenvalue weighted by Crippen LogP contribution is 2.30. The van der Waals surface area contributed by atoms with Crippen molar-refractivity contribution in [3.8, 4) is 12.3 Å². The van der Waals surface area contributed by atoms with E-state index in [4.69, 9.17) is 12.2 Å². The zero-order valence-electron chi connectivity index (χ0n) is 10.1. The van der Waals surface area contributed by atoms with Crippen LogP contribution >= 0.6 is 0 Å². The molecule has 92 valence electrons. The summed E-state index contributed by atoms with van der Waals surface area (Å²) in [5.41, 5.74) is 5.89. The number of amidine groups is 1. The molecule has 1 heterocycles. The van der Waals surface area contributed by atoms with Gasteiger partial charge in [-0.2, -0.15) is 4.99 Å². The van der Waals surface area contributed by atoms with Crippen molar-refractivity contribution in [1.82, 2.24) is 4.90 Å². The normalized spacial score (nSPS) is 26.5. The highest BCUT2D eigenvalue weighted by Gasteiger charge is 2.38. The van der Waals surface area contributed by atoms with Gasteiger partial charge in [0.25, 0.3) is 0 Å². The van der Waals surface area contributed by atoms with Gasteiger partial charge < -0.3 is 10.6 Å². The molecule has 0 aromatic rings. The van der Waals surface area contributed by atoms with Gasteiger partial charge in [0.05, 0.1) is 12.6 Å². The first-order chi connectivity index (χ1) is 8.24. The second-order valence-corrected chi connectivity index (χ2v) is 4.85. The number of aliphatic imine (C=N–C) groups is 1. The number of carbonyl (C=O) groups is 1. The van der Waals surface area contributed by atoms with Crippen molar-refractivity contribution in [2.75, 3.05) is 6.54 Å². The standard InChI is InChI=1S/C13H19N3O/c1-2-9-16-11(12(14)15-13(16)17)10-7-5-3-4-6-8-10/h1,10-11H,3-9H2,(H2,14,15,17). The lowest BCUT2D eigenvalue weighted by atomic mass is 9.90. The van der Waals surface area contributed by atoms with Crippen LogP contribution in [0.1, 0.15) is 38.5 Å². The number of amides is 2. The Balaban J connectivity index is 2.13. The van der Waals surface area contributed by atoms with E-state index in [9.17, 15) is 4.79 Å². The van der Waals surface area contributed by atoms with E-state index in [0.29, 0.717) is 18.3 Å². The largest absolute Gasteiger partial charge is 0.385 e. The summed E-state index contributed by atoms with van der Waals surface area (Å²) in [6.45, 7) is 0.310. The molecule has 2 amide bonds. The smallest absolute Gasteiger partial charge is 0.346 e. The number of nitrogens with zero attached hydrogens (tertiary/aromatic N) is 2. The molecule has 0 radical (unpaired) electrons. The third-order valence-electron chi connectivity index (χ3n) is 3.72. The number of nitrogens with two attached hydrogens (primary N) is 1. The Kier molecular flexibility index (Phi) is 3.68. The third-order valence-corrected chi connectivity index (χ3v) is 3.72. The van der Waals surface area contributed by atoms with Gasteiger partial charge >= 0.3 is 6.03 Å². The van der Waals surface area contributed by atoms with E-state index < -0.39 is 0 Å². The summed E-state index contributed by atoms with van der Waals surface area (Å²) >= 11 is 0. The van der Waals surface area contributed by atoms with E-state index in [1.54, 1.807) is 4.90 Å². The Morgan fingerprint density at radius 3 is 2.59 bits per heavy atom. The van der Waals surface area contributed by atoms with Crippen molar-refractivity contribution in [2.45, 2.75) is 44.6 Å². The maximum absolute atomic E-state index is 11.7. The minimum absolute atomic E-state index is 0.0587. The van der Waals surface area contributed by atoms with Gasteiger partial charge in [0.1, 0.15) is 5.84 Å². The van der Waals surface area contributed by atoms with Crippen LogP contribution in [-0.4, -0.2) is 29.4 Å². The number of carbonyl (C=O) groups excluding carboxylic acids is 1. The van der Waals surface area contributed by atoms with E-state index >= 15 is 0 Å². The Bertz CT molecular complexity index is 361. The van der Waals surface area contributed by atoms with Crippen molar-refractivity contribution >= 4 is 11.9 Å². The van der Waals surface area contributed by atoms with Crippen LogP contribution in [0.3, 0.4) is 0 Å². The molecule has 1 unspecified atom stereocenters. The predicted octanol–water partition coefficient (Wildman–Crippen LogP) is 1.75. The van der Waals surface area contributed by atoms with E-state index in [1.165, 1.54) is 25.7 Å². The van der Waals surface area contributed by atoms with Gasteiger partial charge in [-0.3, -0.25) is 0 Å². The molecule has 4 nitrogen and oxygen atoms in total. The zero-order chi connectivity index (χ0) is 12.3. The molecule has 2 aliphatic rings. The molecule has 4 heteroatoms. The Labute approximate surface area is 102 Å². The summed E-state index contributed by atoms with van der Waals surface area (Å²) < 4.78 is 0. The molecule has 2 rings (SSSR count). The van der Waals surface area contributed by atoms with Crippen molar-refractivity contribution in [2.24, 2.45) is 16.6 Å². The number of rotatable bonds is 2. The van der Waals surface area contributed by atoms with Gasteiger partial charge in [-0.1, -0.05) is 31.6 Å². The SMILES string of the molecule is C#CCN1C(=O)N=C(N)C1C1CCCCCC1. The summed E-state index contributed by atoms with van der Waals surface area (Å²) in [5, 5.41) is 0. The lowest BCUT2D eigenvalue weighted by Crippen LogP contribution is -2.45. The van der Waals surface area contributed by atoms with E-state index in [-0.39, 0.29) is 12.1 Å². The molecular weight excluding hydrogens is 214 g/mol. The molecule has 0 spiro atoms. The number of terminal acetylenes is 1. The van der Waals surface area contributed by atoms with Crippen LogP contribution < -0.4 is 5.73 Å². The van der Waals surface area contributed by atoms with Crippen molar-refractivity contribution in [3.05, 3.63) is 0 Å². The molecule has 1 saturated carbocycles. The molecule has 1 fully saturated rings. The minimum atomic E-state index is -0.269. The van der Waals surface area contributed by atoms with Crippen molar-refractivity contribution in [1.29, 1.82) is 0 Å². The van der Waals surface area contributed by atoms with Gasteiger partial charge in [-0.05, 0) is 18.8 Å². The van der Waals surface area contributed by atoms with Gasteiger partial charge in [0.2, 0.25) is 0 Å². The van der Waals surface area contributed by atoms with Gasteiger partial charge in [-0.25, -0.2) is 4.79 Å². The maximum atomic E-state index is 11.7. The van der Waals surface area contributed by atoms with Crippen LogP contribution in [0.25, 0.3) is 0 Å². The molecule has 2 N–H and O–H groups in total. The molecule has 0 aromatic heterocycles. The fourth-order valence-electron chi connectivity index (χ4n) is 2.91. The van der Waals surface area contributed by atoms with Crippen LogP contribution in [0.4, 0.5) is 4.79 Å². The van der Waals surface area contributed by atoms with E-state index in [2.05, 4.69) is 10.9 Å². The number of hydrogen-bond donors (Lipinski definition) is 1. The van der Waals surface area contributed by atoms with Gasteiger partial charge in [-0.15, -0.1) is 6.42 Å². The quantitative estimate of drug-likeness (QED) is 0.583. The first kappa shape index (κ1) is 12.0. The summed E-state index contributed by atoms with van der Waals surface area (Å²) in [6, 6.07) is -0.327. The average Bonchev–Trinajstić information content (AvgIpc) is 2.52. The molecule has 1 atom stereocenters. The van der Waals surface area contributed by atoms with Gasteiger partial charge in [0, 0.05) is 0 Å². The summed E-state index contributed by atoms with van der Waals surface area (Å²) in [6.07, 6.45) is 12.5. The maximum Gasteiger partial charge on any atom is 0.346 e. The first-order valence-electron chi connectivity index (χ1n) is 6.32. The molecule has 1 aliphatic heterocycles. The molecule has 1 aliphatic carbocycles. The van der Waals surface area contributed by atoms with Crippen LogP contribution in [0.15, 0.2) is 4.99 Å². The van der Waals surface area contributed by atoms with Crippen LogP contribution in [0.2, 0.25) is 0 Å². The second kappa shape index (κ2) is 5.22. The lowest BCUT2D eigenvalue weighted by Gasteiger charge is -2.29. The Morgan fingerprint density at radius 1 is 1.35 bits per heavy atom. The second-order valence-electron chi connectivity index (χ2n) is 4.85. The molecule has 0 saturated heterocycles. The Morgan fingerprint density at radius 2 is 2.00 bits per heavy atom. The third kappa shape index (κ3) is 2.44.